The van der Waals surface area contributed by atoms with E-state index in [2.05, 4.69) is 26.1 Å². The molecule has 0 saturated heterocycles. The lowest BCUT2D eigenvalue weighted by molar-refractivity contribution is 0.419. The highest BCUT2D eigenvalue weighted by atomic mass is 32.2. The van der Waals surface area contributed by atoms with Crippen molar-refractivity contribution in [1.29, 1.82) is 0 Å². The van der Waals surface area contributed by atoms with Gasteiger partial charge in [-0.25, -0.2) is 8.42 Å². The summed E-state index contributed by atoms with van der Waals surface area (Å²) in [6.07, 6.45) is 2.29. The third kappa shape index (κ3) is 7.79. The van der Waals surface area contributed by atoms with Crippen LogP contribution in [0.15, 0.2) is 0 Å². The third-order valence-corrected chi connectivity index (χ3v) is 4.50. The molecule has 0 aromatic rings. The summed E-state index contributed by atoms with van der Waals surface area (Å²) in [4.78, 5) is 0. The van der Waals surface area contributed by atoms with Gasteiger partial charge in [0, 0.05) is 18.3 Å². The second kappa shape index (κ2) is 7.23. The summed E-state index contributed by atoms with van der Waals surface area (Å²) in [5, 5.41) is 3.26. The molecule has 0 heterocycles. The minimum absolute atomic E-state index is 0.244. The average molecular weight is 235 g/mol. The predicted octanol–water partition coefficient (Wildman–Crippen LogP) is 1.84. The van der Waals surface area contributed by atoms with Gasteiger partial charge in [-0.15, -0.1) is 0 Å². The van der Waals surface area contributed by atoms with Crippen LogP contribution in [0.1, 0.15) is 40.5 Å². The number of sulfone groups is 1. The van der Waals surface area contributed by atoms with Gasteiger partial charge in [-0.05, 0) is 19.3 Å². The van der Waals surface area contributed by atoms with Gasteiger partial charge >= 0.3 is 0 Å². The molecule has 0 aromatic heterocycles. The highest BCUT2D eigenvalue weighted by Crippen LogP contribution is 2.08. The van der Waals surface area contributed by atoms with Crippen LogP contribution >= 0.6 is 0 Å². The maximum Gasteiger partial charge on any atom is 0.151 e. The Hall–Kier alpha value is -0.0900. The van der Waals surface area contributed by atoms with Gasteiger partial charge in [-0.1, -0.05) is 27.2 Å². The van der Waals surface area contributed by atoms with E-state index < -0.39 is 9.84 Å². The van der Waals surface area contributed by atoms with E-state index in [1.54, 1.807) is 6.92 Å². The molecule has 15 heavy (non-hydrogen) atoms. The lowest BCUT2D eigenvalue weighted by atomic mass is 10.0. The van der Waals surface area contributed by atoms with Crippen LogP contribution in [0, 0.1) is 5.92 Å². The molecule has 0 fully saturated rings. The van der Waals surface area contributed by atoms with Gasteiger partial charge in [0.2, 0.25) is 0 Å². The van der Waals surface area contributed by atoms with E-state index in [4.69, 9.17) is 0 Å². The zero-order valence-electron chi connectivity index (χ0n) is 10.4. The first-order valence-corrected chi connectivity index (χ1v) is 7.67. The smallest absolute Gasteiger partial charge is 0.151 e. The Morgan fingerprint density at radius 1 is 1.20 bits per heavy atom. The summed E-state index contributed by atoms with van der Waals surface area (Å²) in [5.74, 6) is 1.21. The van der Waals surface area contributed by atoms with E-state index in [1.165, 1.54) is 6.42 Å². The predicted molar refractivity (Wildman–Crippen MR) is 65.9 cm³/mol. The molecule has 0 rings (SSSR count). The molecule has 4 heteroatoms. The van der Waals surface area contributed by atoms with Crippen molar-refractivity contribution in [2.75, 3.05) is 18.1 Å². The van der Waals surface area contributed by atoms with Gasteiger partial charge in [0.05, 0.1) is 5.75 Å². The van der Waals surface area contributed by atoms with E-state index in [0.29, 0.717) is 18.5 Å². The Labute approximate surface area is 94.6 Å². The summed E-state index contributed by atoms with van der Waals surface area (Å²) in [5.41, 5.74) is 0. The fourth-order valence-corrected chi connectivity index (χ4v) is 2.18. The number of hydrogen-bond donors (Lipinski definition) is 1. The lowest BCUT2D eigenvalue weighted by Gasteiger charge is -2.17. The Balaban J connectivity index is 3.68. The van der Waals surface area contributed by atoms with E-state index in [1.807, 2.05) is 0 Å². The van der Waals surface area contributed by atoms with Gasteiger partial charge in [0.25, 0.3) is 0 Å². The minimum Gasteiger partial charge on any atom is -0.313 e. The summed E-state index contributed by atoms with van der Waals surface area (Å²) in [6, 6.07) is 0.409. The van der Waals surface area contributed by atoms with Gasteiger partial charge < -0.3 is 5.32 Å². The molecule has 1 N–H and O–H groups in total. The molecule has 92 valence electrons. The maximum atomic E-state index is 11.2. The molecule has 0 aromatic carbocycles. The lowest BCUT2D eigenvalue weighted by Crippen LogP contribution is -2.32. The third-order valence-electron chi connectivity index (χ3n) is 2.80. The van der Waals surface area contributed by atoms with Crippen molar-refractivity contribution in [3.63, 3.8) is 0 Å². The Morgan fingerprint density at radius 2 is 1.80 bits per heavy atom. The van der Waals surface area contributed by atoms with E-state index in [-0.39, 0.29) is 11.5 Å². The van der Waals surface area contributed by atoms with Crippen LogP contribution < -0.4 is 5.32 Å². The highest BCUT2D eigenvalue weighted by Gasteiger charge is 2.09. The minimum atomic E-state index is -2.81. The van der Waals surface area contributed by atoms with Crippen molar-refractivity contribution in [2.45, 2.75) is 46.6 Å². The van der Waals surface area contributed by atoms with Gasteiger partial charge in [0.15, 0.2) is 9.84 Å². The quantitative estimate of drug-likeness (QED) is 0.698. The average Bonchev–Trinajstić information content (AvgIpc) is 2.17. The molecular formula is C11H25NO2S. The second-order valence-electron chi connectivity index (χ2n) is 4.34. The first-order valence-electron chi connectivity index (χ1n) is 5.85. The number of hydrogen-bond acceptors (Lipinski definition) is 3. The maximum absolute atomic E-state index is 11.2. The molecule has 2 atom stereocenters. The summed E-state index contributed by atoms with van der Waals surface area (Å²) >= 11 is 0. The second-order valence-corrected chi connectivity index (χ2v) is 6.81. The summed E-state index contributed by atoms with van der Waals surface area (Å²) < 4.78 is 22.4. The first-order chi connectivity index (χ1) is 6.91. The molecule has 0 aliphatic carbocycles. The molecule has 0 amide bonds. The van der Waals surface area contributed by atoms with Crippen molar-refractivity contribution >= 4 is 9.84 Å². The van der Waals surface area contributed by atoms with Gasteiger partial charge in [-0.3, -0.25) is 0 Å². The van der Waals surface area contributed by atoms with Crippen LogP contribution in [-0.2, 0) is 9.84 Å². The van der Waals surface area contributed by atoms with E-state index in [9.17, 15) is 8.42 Å². The van der Waals surface area contributed by atoms with E-state index >= 15 is 0 Å². The normalized spacial score (nSPS) is 16.3. The summed E-state index contributed by atoms with van der Waals surface area (Å²) in [7, 11) is -2.81. The zero-order valence-corrected chi connectivity index (χ0v) is 11.2. The molecule has 0 spiro atoms. The largest absolute Gasteiger partial charge is 0.313 e. The van der Waals surface area contributed by atoms with Crippen molar-refractivity contribution in [3.05, 3.63) is 0 Å². The van der Waals surface area contributed by atoms with Crippen LogP contribution in [0.25, 0.3) is 0 Å². The van der Waals surface area contributed by atoms with Crippen LogP contribution in [0.3, 0.4) is 0 Å². The van der Waals surface area contributed by atoms with Crippen molar-refractivity contribution in [3.8, 4) is 0 Å². The van der Waals surface area contributed by atoms with Crippen molar-refractivity contribution in [2.24, 2.45) is 5.92 Å². The molecule has 0 bridgehead atoms. The van der Waals surface area contributed by atoms with Crippen LogP contribution in [0.2, 0.25) is 0 Å². The molecular weight excluding hydrogens is 210 g/mol. The SMILES string of the molecule is CCC(C)CC(C)NCCS(=O)(=O)CC. The van der Waals surface area contributed by atoms with Crippen LogP contribution in [0.4, 0.5) is 0 Å². The molecule has 3 nitrogen and oxygen atoms in total. The Morgan fingerprint density at radius 3 is 2.27 bits per heavy atom. The number of nitrogens with one attached hydrogen (secondary N) is 1. The zero-order chi connectivity index (χ0) is 11.9. The number of rotatable bonds is 8. The fourth-order valence-electron chi connectivity index (χ4n) is 1.46. The Kier molecular flexibility index (Phi) is 7.18. The molecule has 0 saturated carbocycles. The monoisotopic (exact) mass is 235 g/mol. The van der Waals surface area contributed by atoms with Crippen molar-refractivity contribution < 1.29 is 8.42 Å². The van der Waals surface area contributed by atoms with Gasteiger partial charge in [-0.2, -0.15) is 0 Å². The standard InChI is InChI=1S/C11H25NO2S/c1-5-10(3)9-11(4)12-7-8-15(13,14)6-2/h10-12H,5-9H2,1-4H3. The van der Waals surface area contributed by atoms with E-state index in [0.717, 1.165) is 6.42 Å². The summed E-state index contributed by atoms with van der Waals surface area (Å²) in [6.45, 7) is 8.79. The first kappa shape index (κ1) is 14.9. The van der Waals surface area contributed by atoms with Crippen LogP contribution in [-0.4, -0.2) is 32.5 Å². The van der Waals surface area contributed by atoms with Gasteiger partial charge in [0.1, 0.15) is 0 Å². The fraction of sp³-hybridized carbons (Fsp3) is 1.00. The molecule has 0 radical (unpaired) electrons. The molecule has 0 aliphatic heterocycles. The topological polar surface area (TPSA) is 46.2 Å². The highest BCUT2D eigenvalue weighted by molar-refractivity contribution is 7.91. The molecule has 0 aliphatic rings. The Bertz CT molecular complexity index is 249. The van der Waals surface area contributed by atoms with Crippen molar-refractivity contribution in [1.82, 2.24) is 5.32 Å². The van der Waals surface area contributed by atoms with Crippen LogP contribution in [0.5, 0.6) is 0 Å². The molecule has 2 unspecified atom stereocenters.